The number of ketones is 1. The lowest BCUT2D eigenvalue weighted by Gasteiger charge is -2.47. The van der Waals surface area contributed by atoms with Crippen molar-refractivity contribution in [2.75, 3.05) is 17.3 Å². The van der Waals surface area contributed by atoms with Crippen molar-refractivity contribution in [1.82, 2.24) is 0 Å². The number of ether oxygens (including phenoxy) is 1. The van der Waals surface area contributed by atoms with Crippen molar-refractivity contribution < 1.29 is 19.1 Å². The quantitative estimate of drug-likeness (QED) is 0.633. The third kappa shape index (κ3) is 2.86. The second-order valence-electron chi connectivity index (χ2n) is 9.55. The molecule has 2 aromatic rings. The topological polar surface area (TPSA) is 102 Å². The Hall–Kier alpha value is -3.58. The number of carbonyl (C=O) groups is 3. The summed E-state index contributed by atoms with van der Waals surface area (Å²) < 4.78 is 5.13. The molecule has 0 aromatic heterocycles. The molecular formula is C26H24ClN3O4. The molecule has 2 aromatic carbocycles. The number of fused-ring (bicyclic) bond motifs is 3. The molecule has 3 aliphatic rings. The number of amides is 1. The number of esters is 1. The van der Waals surface area contributed by atoms with Crippen LogP contribution in [0.15, 0.2) is 71.2 Å². The van der Waals surface area contributed by atoms with E-state index in [4.69, 9.17) is 22.1 Å². The highest BCUT2D eigenvalue weighted by atomic mass is 35.5. The maximum Gasteiger partial charge on any atom is 0.339 e. The number of Topliss-reactive ketones (excluding diaryl/α,β-unsaturated/α-hetero) is 1. The molecule has 1 spiro atoms. The smallest absolute Gasteiger partial charge is 0.339 e. The standard InChI is InChI=1S/C26H24ClN3O4/c1-25(2)12-18-20(19(31)13-25)26(14-8-4-6-10-16(14)29-24(26)33)21(23(32)34-3)22(28)30(18)17-11-7-5-9-15(17)27/h4-11H,12-13,28H2,1-3H3,(H,29,33). The van der Waals surface area contributed by atoms with E-state index >= 15 is 0 Å². The summed E-state index contributed by atoms with van der Waals surface area (Å²) in [5.41, 5.74) is 6.88. The second kappa shape index (κ2) is 7.46. The van der Waals surface area contributed by atoms with E-state index < -0.39 is 22.7 Å². The Morgan fingerprint density at radius 2 is 1.76 bits per heavy atom. The van der Waals surface area contributed by atoms with Crippen LogP contribution in [0.3, 0.4) is 0 Å². The Morgan fingerprint density at radius 1 is 1.09 bits per heavy atom. The number of hydrogen-bond donors (Lipinski definition) is 2. The Labute approximate surface area is 202 Å². The van der Waals surface area contributed by atoms with E-state index in [0.717, 1.165) is 0 Å². The van der Waals surface area contributed by atoms with Gasteiger partial charge in [0.25, 0.3) is 0 Å². The zero-order valence-corrected chi connectivity index (χ0v) is 19.8. The van der Waals surface area contributed by atoms with E-state index in [2.05, 4.69) is 5.32 Å². The van der Waals surface area contributed by atoms with E-state index in [9.17, 15) is 14.4 Å². The minimum Gasteiger partial charge on any atom is -0.466 e. The van der Waals surface area contributed by atoms with Gasteiger partial charge in [0.15, 0.2) is 5.78 Å². The molecule has 0 radical (unpaired) electrons. The second-order valence-corrected chi connectivity index (χ2v) is 9.96. The molecular weight excluding hydrogens is 454 g/mol. The van der Waals surface area contributed by atoms with E-state index in [0.29, 0.717) is 34.1 Å². The molecule has 3 N–H and O–H groups in total. The summed E-state index contributed by atoms with van der Waals surface area (Å²) in [4.78, 5) is 42.7. The fraction of sp³-hybridized carbons (Fsp3) is 0.269. The number of methoxy groups -OCH3 is 1. The van der Waals surface area contributed by atoms with Crippen LogP contribution in [-0.4, -0.2) is 24.8 Å². The Bertz CT molecular complexity index is 1340. The zero-order chi connectivity index (χ0) is 24.4. The number of benzene rings is 2. The summed E-state index contributed by atoms with van der Waals surface area (Å²) in [5, 5.41) is 3.25. The highest BCUT2D eigenvalue weighted by molar-refractivity contribution is 6.33. The first-order valence-electron chi connectivity index (χ1n) is 10.9. The number of nitrogens with two attached hydrogens (primary N) is 1. The number of para-hydroxylation sites is 2. The number of anilines is 2. The molecule has 1 amide bonds. The van der Waals surface area contributed by atoms with Crippen molar-refractivity contribution >= 4 is 40.6 Å². The lowest BCUT2D eigenvalue weighted by molar-refractivity contribution is -0.138. The SMILES string of the molecule is COC(=O)C1=C(N)N(c2ccccc2Cl)C2=C(C(=O)CC(C)(C)C2)C12C(=O)Nc1ccccc12. The number of nitrogens with zero attached hydrogens (tertiary/aromatic N) is 1. The molecule has 7 nitrogen and oxygen atoms in total. The van der Waals surface area contributed by atoms with Gasteiger partial charge in [0, 0.05) is 28.9 Å². The van der Waals surface area contributed by atoms with Gasteiger partial charge in [0.1, 0.15) is 16.8 Å². The van der Waals surface area contributed by atoms with Gasteiger partial charge in [-0.3, -0.25) is 14.5 Å². The summed E-state index contributed by atoms with van der Waals surface area (Å²) in [6.45, 7) is 3.98. The molecule has 2 aliphatic heterocycles. The third-order valence-corrected chi connectivity index (χ3v) is 7.09. The average molecular weight is 478 g/mol. The lowest BCUT2D eigenvalue weighted by atomic mass is 9.60. The third-order valence-electron chi connectivity index (χ3n) is 6.77. The van der Waals surface area contributed by atoms with Crippen LogP contribution < -0.4 is 16.0 Å². The number of nitrogens with one attached hydrogen (secondary N) is 1. The molecule has 1 atom stereocenters. The fourth-order valence-electron chi connectivity index (χ4n) is 5.50. The molecule has 1 unspecified atom stereocenters. The van der Waals surface area contributed by atoms with Crippen molar-refractivity contribution in [3.63, 3.8) is 0 Å². The van der Waals surface area contributed by atoms with Crippen molar-refractivity contribution in [3.8, 4) is 0 Å². The van der Waals surface area contributed by atoms with Gasteiger partial charge in [0.05, 0.1) is 17.8 Å². The number of rotatable bonds is 2. The van der Waals surface area contributed by atoms with Crippen LogP contribution in [-0.2, 0) is 24.5 Å². The number of halogens is 1. The Kier molecular flexibility index (Phi) is 4.88. The highest BCUT2D eigenvalue weighted by Gasteiger charge is 2.62. The van der Waals surface area contributed by atoms with Crippen molar-refractivity contribution in [2.24, 2.45) is 11.1 Å². The fourth-order valence-corrected chi connectivity index (χ4v) is 5.72. The first kappa shape index (κ1) is 22.2. The van der Waals surface area contributed by atoms with Gasteiger partial charge in [-0.15, -0.1) is 0 Å². The molecule has 0 saturated heterocycles. The van der Waals surface area contributed by atoms with Gasteiger partial charge >= 0.3 is 5.97 Å². The largest absolute Gasteiger partial charge is 0.466 e. The first-order chi connectivity index (χ1) is 16.1. The number of carbonyl (C=O) groups excluding carboxylic acids is 3. The van der Waals surface area contributed by atoms with Crippen molar-refractivity contribution in [1.29, 1.82) is 0 Å². The van der Waals surface area contributed by atoms with Crippen molar-refractivity contribution in [2.45, 2.75) is 32.1 Å². The van der Waals surface area contributed by atoms with Crippen LogP contribution in [0.2, 0.25) is 5.02 Å². The lowest BCUT2D eigenvalue weighted by Crippen LogP contribution is -2.54. The van der Waals surface area contributed by atoms with Crippen molar-refractivity contribution in [3.05, 3.63) is 81.8 Å². The van der Waals surface area contributed by atoms with Gasteiger partial charge < -0.3 is 15.8 Å². The molecule has 2 heterocycles. The predicted octanol–water partition coefficient (Wildman–Crippen LogP) is 4.04. The molecule has 5 rings (SSSR count). The summed E-state index contributed by atoms with van der Waals surface area (Å²) in [6.07, 6.45) is 0.666. The molecule has 1 aliphatic carbocycles. The number of allylic oxidation sites excluding steroid dienone is 1. The van der Waals surface area contributed by atoms with Crippen LogP contribution in [0, 0.1) is 5.41 Å². The first-order valence-corrected chi connectivity index (χ1v) is 11.3. The van der Waals surface area contributed by atoms with Crippen LogP contribution in [0.1, 0.15) is 32.3 Å². The summed E-state index contributed by atoms with van der Waals surface area (Å²) in [7, 11) is 1.23. The van der Waals surface area contributed by atoms with Gasteiger partial charge in [-0.05, 0) is 30.0 Å². The molecule has 34 heavy (non-hydrogen) atoms. The minimum absolute atomic E-state index is 0.0102. The summed E-state index contributed by atoms with van der Waals surface area (Å²) >= 11 is 6.56. The van der Waals surface area contributed by atoms with Gasteiger partial charge in [-0.1, -0.05) is 55.8 Å². The summed E-state index contributed by atoms with van der Waals surface area (Å²) in [6, 6.07) is 14.1. The van der Waals surface area contributed by atoms with Crippen LogP contribution in [0.5, 0.6) is 0 Å². The van der Waals surface area contributed by atoms with E-state index in [1.54, 1.807) is 53.4 Å². The minimum atomic E-state index is -1.71. The maximum absolute atomic E-state index is 13.9. The average Bonchev–Trinajstić information content (AvgIpc) is 3.05. The normalized spacial score (nSPS) is 23.1. The summed E-state index contributed by atoms with van der Waals surface area (Å²) in [5.74, 6) is -1.50. The molecule has 174 valence electrons. The van der Waals surface area contributed by atoms with Crippen LogP contribution >= 0.6 is 11.6 Å². The van der Waals surface area contributed by atoms with E-state index in [1.165, 1.54) is 7.11 Å². The number of hydrogen-bond acceptors (Lipinski definition) is 6. The van der Waals surface area contributed by atoms with Gasteiger partial charge in [0.2, 0.25) is 5.91 Å². The highest BCUT2D eigenvalue weighted by Crippen LogP contribution is 2.57. The molecule has 0 bridgehead atoms. The predicted molar refractivity (Wildman–Crippen MR) is 129 cm³/mol. The molecule has 0 saturated carbocycles. The van der Waals surface area contributed by atoms with Gasteiger partial charge in [-0.2, -0.15) is 0 Å². The van der Waals surface area contributed by atoms with Crippen LogP contribution in [0.4, 0.5) is 11.4 Å². The Balaban J connectivity index is 1.95. The maximum atomic E-state index is 13.9. The van der Waals surface area contributed by atoms with E-state index in [1.807, 2.05) is 13.8 Å². The Morgan fingerprint density at radius 3 is 2.47 bits per heavy atom. The van der Waals surface area contributed by atoms with Crippen LogP contribution in [0.25, 0.3) is 0 Å². The van der Waals surface area contributed by atoms with Gasteiger partial charge in [-0.25, -0.2) is 4.79 Å². The monoisotopic (exact) mass is 477 g/mol. The zero-order valence-electron chi connectivity index (χ0n) is 19.1. The molecule has 8 heteroatoms. The van der Waals surface area contributed by atoms with E-state index in [-0.39, 0.29) is 29.2 Å². The molecule has 0 fully saturated rings.